The van der Waals surface area contributed by atoms with Crippen molar-refractivity contribution in [2.45, 2.75) is 45.3 Å². The molecule has 0 heterocycles. The molecule has 0 bridgehead atoms. The fourth-order valence-corrected chi connectivity index (χ4v) is 1.84. The summed E-state index contributed by atoms with van der Waals surface area (Å²) in [7, 11) is 0. The highest BCUT2D eigenvalue weighted by Crippen LogP contribution is 2.07. The van der Waals surface area contributed by atoms with E-state index < -0.39 is 18.1 Å². The van der Waals surface area contributed by atoms with Crippen molar-refractivity contribution in [1.82, 2.24) is 5.32 Å². The van der Waals surface area contributed by atoms with Crippen LogP contribution < -0.4 is 5.32 Å². The molecule has 0 aliphatic carbocycles. The van der Waals surface area contributed by atoms with Crippen LogP contribution in [0.3, 0.4) is 0 Å². The number of aliphatic hydroxyl groups is 1. The van der Waals surface area contributed by atoms with E-state index in [0.29, 0.717) is 6.42 Å². The Morgan fingerprint density at radius 3 is 2.35 bits per heavy atom. The van der Waals surface area contributed by atoms with Gasteiger partial charge in [0, 0.05) is 6.42 Å². The van der Waals surface area contributed by atoms with Crippen LogP contribution in [0.5, 0.6) is 0 Å². The Morgan fingerprint density at radius 2 is 1.85 bits per heavy atom. The minimum Gasteiger partial charge on any atom is -0.480 e. The van der Waals surface area contributed by atoms with Crippen molar-refractivity contribution in [2.24, 2.45) is 0 Å². The number of aliphatic hydroxyl groups excluding tert-OH is 1. The molecule has 0 saturated heterocycles. The molecule has 3 N–H and O–H groups in total. The second kappa shape index (κ2) is 7.65. The molecule has 110 valence electrons. The van der Waals surface area contributed by atoms with Gasteiger partial charge in [-0.2, -0.15) is 0 Å². The first kappa shape index (κ1) is 16.2. The van der Waals surface area contributed by atoms with Gasteiger partial charge >= 0.3 is 5.97 Å². The maximum Gasteiger partial charge on any atom is 0.328 e. The number of benzene rings is 1. The molecule has 0 aliphatic heterocycles. The monoisotopic (exact) mass is 279 g/mol. The molecule has 0 aliphatic rings. The van der Waals surface area contributed by atoms with E-state index >= 15 is 0 Å². The molecule has 0 spiro atoms. The van der Waals surface area contributed by atoms with E-state index in [9.17, 15) is 14.7 Å². The van der Waals surface area contributed by atoms with Crippen LogP contribution in [0.4, 0.5) is 0 Å². The zero-order chi connectivity index (χ0) is 15.1. The number of rotatable bonds is 7. The summed E-state index contributed by atoms with van der Waals surface area (Å²) in [5.74, 6) is -1.59. The standard InChI is InChI=1S/C15H21NO4/c1-10-6-8-12(9-7-10)4-3-5-13(18)16-14(11(2)17)15(19)20/h6-9,11,14,17H,3-5H2,1-2H3,(H,16,18)(H,19,20). The number of carbonyl (C=O) groups is 2. The second-order valence-corrected chi connectivity index (χ2v) is 4.96. The third-order valence-electron chi connectivity index (χ3n) is 3.05. The lowest BCUT2D eigenvalue weighted by atomic mass is 10.1. The zero-order valence-electron chi connectivity index (χ0n) is 11.8. The fourth-order valence-electron chi connectivity index (χ4n) is 1.84. The van der Waals surface area contributed by atoms with Gasteiger partial charge in [0.1, 0.15) is 0 Å². The molecule has 1 aromatic rings. The maximum absolute atomic E-state index is 11.6. The van der Waals surface area contributed by atoms with Crippen molar-refractivity contribution < 1.29 is 19.8 Å². The van der Waals surface area contributed by atoms with Crippen LogP contribution >= 0.6 is 0 Å². The first-order valence-corrected chi connectivity index (χ1v) is 6.66. The van der Waals surface area contributed by atoms with Gasteiger partial charge in [-0.15, -0.1) is 0 Å². The Hall–Kier alpha value is -1.88. The van der Waals surface area contributed by atoms with Crippen LogP contribution in [0.25, 0.3) is 0 Å². The maximum atomic E-state index is 11.6. The summed E-state index contributed by atoms with van der Waals surface area (Å²) >= 11 is 0. The topological polar surface area (TPSA) is 86.6 Å². The van der Waals surface area contributed by atoms with E-state index in [1.54, 1.807) is 0 Å². The summed E-state index contributed by atoms with van der Waals surface area (Å²) < 4.78 is 0. The lowest BCUT2D eigenvalue weighted by molar-refractivity contribution is -0.144. The Morgan fingerprint density at radius 1 is 1.25 bits per heavy atom. The molecule has 5 heteroatoms. The van der Waals surface area contributed by atoms with E-state index in [2.05, 4.69) is 5.32 Å². The van der Waals surface area contributed by atoms with E-state index in [0.717, 1.165) is 12.0 Å². The predicted molar refractivity (Wildman–Crippen MR) is 75.4 cm³/mol. The van der Waals surface area contributed by atoms with Gasteiger partial charge in [-0.05, 0) is 32.3 Å². The highest BCUT2D eigenvalue weighted by Gasteiger charge is 2.24. The normalized spacial score (nSPS) is 13.6. The van der Waals surface area contributed by atoms with Crippen molar-refractivity contribution >= 4 is 11.9 Å². The smallest absolute Gasteiger partial charge is 0.328 e. The van der Waals surface area contributed by atoms with Crippen molar-refractivity contribution in [3.05, 3.63) is 35.4 Å². The fraction of sp³-hybridized carbons (Fsp3) is 0.467. The highest BCUT2D eigenvalue weighted by molar-refractivity contribution is 5.83. The van der Waals surface area contributed by atoms with Crippen LogP contribution in [-0.4, -0.2) is 34.2 Å². The summed E-state index contributed by atoms with van der Waals surface area (Å²) in [6.07, 6.45) is 0.527. The molecule has 0 fully saturated rings. The second-order valence-electron chi connectivity index (χ2n) is 4.96. The average Bonchev–Trinajstić information content (AvgIpc) is 2.37. The third-order valence-corrected chi connectivity index (χ3v) is 3.05. The van der Waals surface area contributed by atoms with Crippen LogP contribution in [0, 0.1) is 6.92 Å². The quantitative estimate of drug-likeness (QED) is 0.701. The Kier molecular flexibility index (Phi) is 6.18. The third kappa shape index (κ3) is 5.40. The molecule has 0 radical (unpaired) electrons. The number of carboxylic acids is 1. The van der Waals surface area contributed by atoms with Gasteiger partial charge in [-0.1, -0.05) is 29.8 Å². The van der Waals surface area contributed by atoms with Crippen molar-refractivity contribution in [3.8, 4) is 0 Å². The Balaban J connectivity index is 2.36. The van der Waals surface area contributed by atoms with Crippen molar-refractivity contribution in [1.29, 1.82) is 0 Å². The molecular weight excluding hydrogens is 258 g/mol. The van der Waals surface area contributed by atoms with Crippen molar-refractivity contribution in [2.75, 3.05) is 0 Å². The number of aliphatic carboxylic acids is 1. The largest absolute Gasteiger partial charge is 0.480 e. The molecule has 20 heavy (non-hydrogen) atoms. The number of carboxylic acid groups (broad SMARTS) is 1. The molecule has 1 aromatic carbocycles. The number of aryl methyl sites for hydroxylation is 2. The summed E-state index contributed by atoms with van der Waals surface area (Å²) in [5.41, 5.74) is 2.33. The van der Waals surface area contributed by atoms with Crippen molar-refractivity contribution in [3.63, 3.8) is 0 Å². The Bertz CT molecular complexity index is 453. The zero-order valence-corrected chi connectivity index (χ0v) is 11.8. The molecule has 5 nitrogen and oxygen atoms in total. The Labute approximate surface area is 118 Å². The van der Waals surface area contributed by atoms with Crippen LogP contribution in [0.15, 0.2) is 24.3 Å². The number of hydrogen-bond donors (Lipinski definition) is 3. The average molecular weight is 279 g/mol. The summed E-state index contributed by atoms with van der Waals surface area (Å²) in [4.78, 5) is 22.5. The molecule has 2 unspecified atom stereocenters. The van der Waals surface area contributed by atoms with Gasteiger partial charge in [0.25, 0.3) is 0 Å². The molecule has 2 atom stereocenters. The van der Waals surface area contributed by atoms with Gasteiger partial charge < -0.3 is 15.5 Å². The van der Waals surface area contributed by atoms with E-state index in [4.69, 9.17) is 5.11 Å². The van der Waals surface area contributed by atoms with E-state index in [1.807, 2.05) is 31.2 Å². The number of amides is 1. The summed E-state index contributed by atoms with van der Waals surface area (Å²) in [6, 6.07) is 6.82. The van der Waals surface area contributed by atoms with E-state index in [-0.39, 0.29) is 12.3 Å². The first-order valence-electron chi connectivity index (χ1n) is 6.66. The van der Waals surface area contributed by atoms with Crippen LogP contribution in [0.1, 0.15) is 30.9 Å². The van der Waals surface area contributed by atoms with E-state index in [1.165, 1.54) is 12.5 Å². The molecule has 0 aromatic heterocycles. The van der Waals surface area contributed by atoms with Gasteiger partial charge in [0.2, 0.25) is 5.91 Å². The molecule has 0 saturated carbocycles. The summed E-state index contributed by atoms with van der Waals surface area (Å²) in [5, 5.41) is 20.4. The minimum atomic E-state index is -1.25. The summed E-state index contributed by atoms with van der Waals surface area (Å²) in [6.45, 7) is 3.35. The molecule has 1 amide bonds. The van der Waals surface area contributed by atoms with Gasteiger partial charge in [-0.25, -0.2) is 4.79 Å². The lowest BCUT2D eigenvalue weighted by Crippen LogP contribution is -2.47. The number of hydrogen-bond acceptors (Lipinski definition) is 3. The van der Waals surface area contributed by atoms with Gasteiger partial charge in [0.15, 0.2) is 6.04 Å². The highest BCUT2D eigenvalue weighted by atomic mass is 16.4. The number of nitrogens with one attached hydrogen (secondary N) is 1. The van der Waals surface area contributed by atoms with Crippen LogP contribution in [0.2, 0.25) is 0 Å². The predicted octanol–water partition coefficient (Wildman–Crippen LogP) is 1.27. The van der Waals surface area contributed by atoms with Gasteiger partial charge in [-0.3, -0.25) is 4.79 Å². The minimum absolute atomic E-state index is 0.240. The molecular formula is C15H21NO4. The van der Waals surface area contributed by atoms with Gasteiger partial charge in [0.05, 0.1) is 6.10 Å². The molecule has 1 rings (SSSR count). The van der Waals surface area contributed by atoms with Crippen LogP contribution in [-0.2, 0) is 16.0 Å². The number of carbonyl (C=O) groups excluding carboxylic acids is 1. The SMILES string of the molecule is Cc1ccc(CCCC(=O)NC(C(=O)O)C(C)O)cc1. The first-order chi connectivity index (χ1) is 9.40. The lowest BCUT2D eigenvalue weighted by Gasteiger charge is -2.16.